The maximum Gasteiger partial charge on any atom is 0.160 e. The number of hydrogen-bond donors (Lipinski definition) is 0. The van der Waals surface area contributed by atoms with Gasteiger partial charge in [-0.3, -0.25) is 0 Å². The van der Waals surface area contributed by atoms with Crippen LogP contribution >= 0.6 is 11.3 Å². The van der Waals surface area contributed by atoms with Crippen molar-refractivity contribution in [3.63, 3.8) is 0 Å². The van der Waals surface area contributed by atoms with Crippen molar-refractivity contribution in [3.05, 3.63) is 181 Å². The van der Waals surface area contributed by atoms with Gasteiger partial charge in [0.2, 0.25) is 0 Å². The summed E-state index contributed by atoms with van der Waals surface area (Å²) in [7, 11) is 0. The Bertz CT molecular complexity index is 2880. The topological polar surface area (TPSA) is 25.8 Å². The van der Waals surface area contributed by atoms with Crippen molar-refractivity contribution in [3.8, 4) is 67.3 Å². The van der Waals surface area contributed by atoms with E-state index >= 15 is 0 Å². The van der Waals surface area contributed by atoms with Crippen LogP contribution in [0, 0.1) is 0 Å². The van der Waals surface area contributed by atoms with Crippen LogP contribution in [0.15, 0.2) is 170 Å². The third kappa shape index (κ3) is 5.29. The summed E-state index contributed by atoms with van der Waals surface area (Å²) in [4.78, 5) is 10.3. The van der Waals surface area contributed by atoms with E-state index in [0.717, 1.165) is 33.9 Å². The Labute approximate surface area is 325 Å². The normalized spacial score (nSPS) is 14.3. The van der Waals surface area contributed by atoms with Crippen molar-refractivity contribution in [1.82, 2.24) is 9.97 Å². The molecule has 9 aromatic rings. The number of benzene rings is 7. The predicted molar refractivity (Wildman–Crippen MR) is 231 cm³/mol. The third-order valence-electron chi connectivity index (χ3n) is 12.1. The van der Waals surface area contributed by atoms with Gasteiger partial charge < -0.3 is 0 Å². The first-order chi connectivity index (χ1) is 27.2. The van der Waals surface area contributed by atoms with Crippen molar-refractivity contribution in [1.29, 1.82) is 0 Å². The molecule has 1 saturated carbocycles. The molecular weight excluding hydrogens is 685 g/mol. The molecular formula is C52H38N2S. The lowest BCUT2D eigenvalue weighted by Gasteiger charge is -2.36. The van der Waals surface area contributed by atoms with Gasteiger partial charge in [-0.2, -0.15) is 0 Å². The highest BCUT2D eigenvalue weighted by Gasteiger charge is 2.44. The van der Waals surface area contributed by atoms with Crippen LogP contribution < -0.4 is 0 Å². The van der Waals surface area contributed by atoms with E-state index in [4.69, 9.17) is 9.97 Å². The second-order valence-corrected chi connectivity index (χ2v) is 16.2. The Morgan fingerprint density at radius 2 is 1.02 bits per heavy atom. The smallest absolute Gasteiger partial charge is 0.160 e. The van der Waals surface area contributed by atoms with Crippen molar-refractivity contribution in [2.75, 3.05) is 0 Å². The van der Waals surface area contributed by atoms with Gasteiger partial charge in [0.05, 0.1) is 11.4 Å². The molecule has 262 valence electrons. The zero-order valence-corrected chi connectivity index (χ0v) is 31.3. The Balaban J connectivity index is 1.04. The molecule has 0 N–H and O–H groups in total. The monoisotopic (exact) mass is 722 g/mol. The van der Waals surface area contributed by atoms with E-state index in [1.54, 1.807) is 0 Å². The lowest BCUT2D eigenvalue weighted by Crippen LogP contribution is -2.27. The number of fused-ring (bicyclic) bond motifs is 8. The van der Waals surface area contributed by atoms with E-state index in [2.05, 4.69) is 170 Å². The summed E-state index contributed by atoms with van der Waals surface area (Å²) in [6.45, 7) is 0. The maximum absolute atomic E-state index is 5.23. The summed E-state index contributed by atoms with van der Waals surface area (Å²) in [5.74, 6) is 0.725. The lowest BCUT2D eigenvalue weighted by atomic mass is 9.68. The van der Waals surface area contributed by atoms with Crippen LogP contribution in [0.3, 0.4) is 0 Å². The standard InChI is InChI=1S/C52H38N2S/c1-4-14-34(15-5-1)35-24-26-37(27-25-35)51-53-46(36-16-6-2-7-17-36)33-47(54-51)38-28-29-48-43(32-38)41-21-12-20-40(50(41)55-48)39-19-13-23-45-49(39)42-18-8-9-22-44(42)52(45)30-10-3-11-31-52/h1-2,4-9,12-29,32-33H,3,10-11,30-31H2. The van der Waals surface area contributed by atoms with Crippen LogP contribution in [0.1, 0.15) is 43.2 Å². The Kier molecular flexibility index (Phi) is 7.63. The minimum atomic E-state index is 0.141. The van der Waals surface area contributed by atoms with Gasteiger partial charge in [0.25, 0.3) is 0 Å². The van der Waals surface area contributed by atoms with Crippen LogP contribution in [-0.4, -0.2) is 9.97 Å². The molecule has 1 fully saturated rings. The molecule has 2 aliphatic carbocycles. The van der Waals surface area contributed by atoms with Crippen molar-refractivity contribution in [2.24, 2.45) is 0 Å². The molecule has 0 atom stereocenters. The van der Waals surface area contributed by atoms with E-state index in [9.17, 15) is 0 Å². The Morgan fingerprint density at radius 3 is 1.82 bits per heavy atom. The van der Waals surface area contributed by atoms with E-state index in [-0.39, 0.29) is 5.41 Å². The van der Waals surface area contributed by atoms with Crippen LogP contribution in [0.25, 0.3) is 87.5 Å². The van der Waals surface area contributed by atoms with Crippen molar-refractivity contribution < 1.29 is 0 Å². The second kappa shape index (κ2) is 13.0. The Morgan fingerprint density at radius 1 is 0.418 bits per heavy atom. The van der Waals surface area contributed by atoms with Gasteiger partial charge in [0, 0.05) is 47.8 Å². The van der Waals surface area contributed by atoms with Gasteiger partial charge in [0.1, 0.15) is 0 Å². The largest absolute Gasteiger partial charge is 0.228 e. The molecule has 0 unspecified atom stereocenters. The first-order valence-electron chi connectivity index (χ1n) is 19.5. The van der Waals surface area contributed by atoms with Crippen LogP contribution in [0.4, 0.5) is 0 Å². The van der Waals surface area contributed by atoms with Crippen molar-refractivity contribution in [2.45, 2.75) is 37.5 Å². The highest BCUT2D eigenvalue weighted by Crippen LogP contribution is 2.58. The molecule has 2 aromatic heterocycles. The molecule has 2 nitrogen and oxygen atoms in total. The first kappa shape index (κ1) is 32.3. The summed E-state index contributed by atoms with van der Waals surface area (Å²) in [6.07, 6.45) is 6.42. The summed E-state index contributed by atoms with van der Waals surface area (Å²) >= 11 is 1.91. The zero-order valence-electron chi connectivity index (χ0n) is 30.5. The average Bonchev–Trinajstić information content (AvgIpc) is 3.77. The minimum Gasteiger partial charge on any atom is -0.228 e. The van der Waals surface area contributed by atoms with Crippen LogP contribution in [0.5, 0.6) is 0 Å². The fourth-order valence-electron chi connectivity index (χ4n) is 9.52. The van der Waals surface area contributed by atoms with Gasteiger partial charge >= 0.3 is 0 Å². The van der Waals surface area contributed by atoms with E-state index in [1.807, 2.05) is 11.3 Å². The molecule has 11 rings (SSSR count). The highest BCUT2D eigenvalue weighted by atomic mass is 32.1. The fraction of sp³-hybridized carbons (Fsp3) is 0.115. The highest BCUT2D eigenvalue weighted by molar-refractivity contribution is 7.26. The van der Waals surface area contributed by atoms with Gasteiger partial charge in [-0.15, -0.1) is 11.3 Å². The van der Waals surface area contributed by atoms with Crippen LogP contribution in [-0.2, 0) is 5.41 Å². The lowest BCUT2D eigenvalue weighted by molar-refractivity contribution is 0.353. The predicted octanol–water partition coefficient (Wildman–Crippen LogP) is 14.4. The first-order valence-corrected chi connectivity index (χ1v) is 20.3. The number of nitrogens with zero attached hydrogens (tertiary/aromatic N) is 2. The summed E-state index contributed by atoms with van der Waals surface area (Å²) in [6, 6.07) is 61.8. The summed E-state index contributed by atoms with van der Waals surface area (Å²) < 4.78 is 2.63. The van der Waals surface area contributed by atoms with Gasteiger partial charge in [-0.1, -0.05) is 171 Å². The van der Waals surface area contributed by atoms with Gasteiger partial charge in [0.15, 0.2) is 5.82 Å². The molecule has 2 aliphatic rings. The van der Waals surface area contributed by atoms with E-state index < -0.39 is 0 Å². The quantitative estimate of drug-likeness (QED) is 0.177. The molecule has 0 radical (unpaired) electrons. The third-order valence-corrected chi connectivity index (χ3v) is 13.3. The van der Waals surface area contributed by atoms with Gasteiger partial charge in [-0.25, -0.2) is 9.97 Å². The molecule has 0 aliphatic heterocycles. The fourth-order valence-corrected chi connectivity index (χ4v) is 10.7. The molecule has 0 saturated heterocycles. The molecule has 1 spiro atoms. The SMILES string of the molecule is c1ccc(-c2ccc(-c3nc(-c4ccccc4)cc(-c4ccc5sc6c(-c7cccc8c7-c7ccccc7C87CCCCC7)cccc6c5c4)n3)cc2)cc1. The molecule has 7 aromatic carbocycles. The summed E-state index contributed by atoms with van der Waals surface area (Å²) in [5.41, 5.74) is 16.2. The second-order valence-electron chi connectivity index (χ2n) is 15.2. The van der Waals surface area contributed by atoms with Gasteiger partial charge in [-0.05, 0) is 70.0 Å². The zero-order chi connectivity index (χ0) is 36.3. The average molecular weight is 723 g/mol. The molecule has 3 heteroatoms. The Hall–Kier alpha value is -6.16. The number of aromatic nitrogens is 2. The van der Waals surface area contributed by atoms with Crippen molar-refractivity contribution >= 4 is 31.5 Å². The number of rotatable bonds is 5. The molecule has 2 heterocycles. The minimum absolute atomic E-state index is 0.141. The number of thiophene rings is 1. The maximum atomic E-state index is 5.23. The van der Waals surface area contributed by atoms with E-state index in [0.29, 0.717) is 0 Å². The summed E-state index contributed by atoms with van der Waals surface area (Å²) in [5, 5.41) is 2.56. The number of hydrogen-bond acceptors (Lipinski definition) is 3. The van der Waals surface area contributed by atoms with Crippen LogP contribution in [0.2, 0.25) is 0 Å². The molecule has 0 amide bonds. The van der Waals surface area contributed by atoms with E-state index in [1.165, 1.54) is 96.8 Å². The molecule has 0 bridgehead atoms. The molecule has 55 heavy (non-hydrogen) atoms.